The van der Waals surface area contributed by atoms with Crippen LogP contribution in [0, 0.1) is 13.8 Å². The second kappa shape index (κ2) is 6.57. The maximum absolute atomic E-state index is 12.5. The number of hydrogen-bond acceptors (Lipinski definition) is 4. The maximum Gasteiger partial charge on any atom is 0.271 e. The molecule has 124 valence electrons. The molecule has 2 heterocycles. The van der Waals surface area contributed by atoms with E-state index in [1.807, 2.05) is 52.1 Å². The lowest BCUT2D eigenvalue weighted by Gasteiger charge is -2.12. The summed E-state index contributed by atoms with van der Waals surface area (Å²) in [5.41, 5.74) is 4.74. The lowest BCUT2D eigenvalue weighted by atomic mass is 10.1. The number of aromatic nitrogens is 3. The number of thiazole rings is 1. The van der Waals surface area contributed by atoms with Crippen molar-refractivity contribution >= 4 is 17.2 Å². The van der Waals surface area contributed by atoms with Crippen molar-refractivity contribution in [2.24, 2.45) is 7.05 Å². The molecule has 3 aromatic rings. The van der Waals surface area contributed by atoms with Crippen molar-refractivity contribution in [1.29, 1.82) is 0 Å². The molecule has 0 aliphatic heterocycles. The zero-order valence-electron chi connectivity index (χ0n) is 14.2. The summed E-state index contributed by atoms with van der Waals surface area (Å²) in [5.74, 6) is -0.166. The molecule has 1 atom stereocenters. The van der Waals surface area contributed by atoms with Crippen LogP contribution in [-0.4, -0.2) is 20.7 Å². The van der Waals surface area contributed by atoms with Gasteiger partial charge in [0.15, 0.2) is 0 Å². The van der Waals surface area contributed by atoms with Gasteiger partial charge in [0.05, 0.1) is 12.2 Å². The Labute approximate surface area is 145 Å². The van der Waals surface area contributed by atoms with Gasteiger partial charge in [-0.25, -0.2) is 4.98 Å². The van der Waals surface area contributed by atoms with Crippen LogP contribution in [0.25, 0.3) is 10.6 Å². The molecule has 0 aliphatic carbocycles. The van der Waals surface area contributed by atoms with Gasteiger partial charge >= 0.3 is 0 Å². The number of aryl methyl sites for hydroxylation is 2. The Morgan fingerprint density at radius 2 is 1.96 bits per heavy atom. The predicted octanol–water partition coefficient (Wildman–Crippen LogP) is 3.65. The fraction of sp³-hybridized carbons (Fsp3) is 0.278. The number of carbonyl (C=O) groups is 1. The predicted molar refractivity (Wildman–Crippen MR) is 96.1 cm³/mol. The van der Waals surface area contributed by atoms with Crippen LogP contribution in [0.3, 0.4) is 0 Å². The van der Waals surface area contributed by atoms with E-state index in [0.717, 1.165) is 21.8 Å². The molecule has 0 spiro atoms. The van der Waals surface area contributed by atoms with Crippen molar-refractivity contribution in [1.82, 2.24) is 20.1 Å². The molecule has 0 saturated carbocycles. The molecule has 1 N–H and O–H groups in total. The zero-order chi connectivity index (χ0) is 17.3. The number of amides is 1. The van der Waals surface area contributed by atoms with Crippen molar-refractivity contribution in [3.63, 3.8) is 0 Å². The summed E-state index contributed by atoms with van der Waals surface area (Å²) in [7, 11) is 1.89. The van der Waals surface area contributed by atoms with Gasteiger partial charge in [0.25, 0.3) is 5.91 Å². The van der Waals surface area contributed by atoms with Gasteiger partial charge in [0.2, 0.25) is 0 Å². The first kappa shape index (κ1) is 16.4. The van der Waals surface area contributed by atoms with Crippen LogP contribution in [-0.2, 0) is 7.05 Å². The molecule has 0 aliphatic rings. The standard InChI is InChI=1S/C18H20N4OS/c1-11-5-7-14(8-6-11)18-21-16(10-24-18)17(23)20-12(2)15-9-19-22(4)13(15)3/h5-10,12H,1-4H3,(H,20,23)/t12-/m0/s1. The summed E-state index contributed by atoms with van der Waals surface area (Å²) < 4.78 is 1.80. The van der Waals surface area contributed by atoms with Crippen LogP contribution < -0.4 is 5.32 Å². The molecule has 0 fully saturated rings. The summed E-state index contributed by atoms with van der Waals surface area (Å²) in [6.45, 7) is 5.99. The van der Waals surface area contributed by atoms with Gasteiger partial charge in [-0.2, -0.15) is 5.10 Å². The van der Waals surface area contributed by atoms with Gasteiger partial charge in [-0.1, -0.05) is 29.8 Å². The fourth-order valence-corrected chi connectivity index (χ4v) is 3.30. The molecular formula is C18H20N4OS. The lowest BCUT2D eigenvalue weighted by Crippen LogP contribution is -2.27. The molecule has 5 nitrogen and oxygen atoms in total. The summed E-state index contributed by atoms with van der Waals surface area (Å²) in [4.78, 5) is 16.9. The van der Waals surface area contributed by atoms with E-state index < -0.39 is 0 Å². The van der Waals surface area contributed by atoms with Gasteiger partial charge in [0.1, 0.15) is 10.7 Å². The second-order valence-corrected chi connectivity index (χ2v) is 6.77. The number of hydrogen-bond donors (Lipinski definition) is 1. The van der Waals surface area contributed by atoms with Gasteiger partial charge in [-0.3, -0.25) is 9.48 Å². The van der Waals surface area contributed by atoms with Gasteiger partial charge < -0.3 is 5.32 Å². The summed E-state index contributed by atoms with van der Waals surface area (Å²) in [6.07, 6.45) is 1.79. The third-order valence-corrected chi connectivity index (χ3v) is 5.01. The first-order chi connectivity index (χ1) is 11.5. The minimum atomic E-state index is -0.166. The summed E-state index contributed by atoms with van der Waals surface area (Å²) in [6, 6.07) is 8.03. The molecule has 3 rings (SSSR count). The van der Waals surface area contributed by atoms with Crippen LogP contribution in [0.1, 0.15) is 40.3 Å². The third-order valence-electron chi connectivity index (χ3n) is 4.12. The molecule has 24 heavy (non-hydrogen) atoms. The van der Waals surface area contributed by atoms with Gasteiger partial charge in [0, 0.05) is 29.2 Å². The van der Waals surface area contributed by atoms with E-state index in [4.69, 9.17) is 0 Å². The third kappa shape index (κ3) is 3.23. The van der Waals surface area contributed by atoms with Crippen molar-refractivity contribution in [2.75, 3.05) is 0 Å². The highest BCUT2D eigenvalue weighted by atomic mass is 32.1. The monoisotopic (exact) mass is 340 g/mol. The smallest absolute Gasteiger partial charge is 0.271 e. The van der Waals surface area contributed by atoms with Crippen molar-refractivity contribution in [3.05, 3.63) is 58.4 Å². The van der Waals surface area contributed by atoms with E-state index in [0.29, 0.717) is 5.69 Å². The fourth-order valence-electron chi connectivity index (χ4n) is 2.50. The largest absolute Gasteiger partial charge is 0.344 e. The van der Waals surface area contributed by atoms with Crippen LogP contribution in [0.5, 0.6) is 0 Å². The van der Waals surface area contributed by atoms with E-state index in [1.165, 1.54) is 16.9 Å². The minimum absolute atomic E-state index is 0.115. The average molecular weight is 340 g/mol. The average Bonchev–Trinajstić information content (AvgIpc) is 3.16. The number of rotatable bonds is 4. The van der Waals surface area contributed by atoms with Gasteiger partial charge in [-0.15, -0.1) is 11.3 Å². The molecule has 0 saturated heterocycles. The summed E-state index contributed by atoms with van der Waals surface area (Å²) in [5, 5.41) is 9.86. The Morgan fingerprint density at radius 1 is 1.25 bits per heavy atom. The van der Waals surface area contributed by atoms with Crippen LogP contribution in [0.15, 0.2) is 35.8 Å². The van der Waals surface area contributed by atoms with Crippen molar-refractivity contribution in [2.45, 2.75) is 26.8 Å². The number of nitrogens with zero attached hydrogens (tertiary/aromatic N) is 3. The zero-order valence-corrected chi connectivity index (χ0v) is 15.0. The molecule has 0 radical (unpaired) electrons. The SMILES string of the molecule is Cc1ccc(-c2nc(C(=O)N[C@@H](C)c3cnn(C)c3C)cs2)cc1. The second-order valence-electron chi connectivity index (χ2n) is 5.91. The van der Waals surface area contributed by atoms with Crippen molar-refractivity contribution < 1.29 is 4.79 Å². The van der Waals surface area contributed by atoms with Crippen LogP contribution >= 0.6 is 11.3 Å². The normalized spacial score (nSPS) is 12.2. The van der Waals surface area contributed by atoms with E-state index in [-0.39, 0.29) is 11.9 Å². The molecular weight excluding hydrogens is 320 g/mol. The molecule has 6 heteroatoms. The Morgan fingerprint density at radius 3 is 2.58 bits per heavy atom. The Balaban J connectivity index is 1.74. The van der Waals surface area contributed by atoms with Crippen molar-refractivity contribution in [3.8, 4) is 10.6 Å². The highest BCUT2D eigenvalue weighted by Gasteiger charge is 2.17. The van der Waals surface area contributed by atoms with Gasteiger partial charge in [-0.05, 0) is 20.8 Å². The molecule has 0 bridgehead atoms. The molecule has 1 amide bonds. The molecule has 1 aromatic carbocycles. The van der Waals surface area contributed by atoms with Crippen LogP contribution in [0.4, 0.5) is 0 Å². The Bertz CT molecular complexity index is 864. The molecule has 2 aromatic heterocycles. The lowest BCUT2D eigenvalue weighted by molar-refractivity contribution is 0.0935. The van der Waals surface area contributed by atoms with E-state index >= 15 is 0 Å². The van der Waals surface area contributed by atoms with E-state index in [2.05, 4.69) is 15.4 Å². The molecule has 0 unspecified atom stereocenters. The highest BCUT2D eigenvalue weighted by molar-refractivity contribution is 7.13. The summed E-state index contributed by atoms with van der Waals surface area (Å²) >= 11 is 1.48. The minimum Gasteiger partial charge on any atom is -0.344 e. The quantitative estimate of drug-likeness (QED) is 0.788. The first-order valence-corrected chi connectivity index (χ1v) is 8.65. The maximum atomic E-state index is 12.5. The first-order valence-electron chi connectivity index (χ1n) is 7.77. The highest BCUT2D eigenvalue weighted by Crippen LogP contribution is 2.24. The topological polar surface area (TPSA) is 59.8 Å². The number of carbonyl (C=O) groups excluding carboxylic acids is 1. The Kier molecular flexibility index (Phi) is 4.49. The Hall–Kier alpha value is -2.47. The van der Waals surface area contributed by atoms with Crippen LogP contribution in [0.2, 0.25) is 0 Å². The van der Waals surface area contributed by atoms with E-state index in [1.54, 1.807) is 16.3 Å². The number of benzene rings is 1. The van der Waals surface area contributed by atoms with E-state index in [9.17, 15) is 4.79 Å². The number of nitrogens with one attached hydrogen (secondary N) is 1.